The maximum atomic E-state index is 12.7. The molecule has 6 nitrogen and oxygen atoms in total. The number of methoxy groups -OCH3 is 2. The van der Waals surface area contributed by atoms with E-state index < -0.39 is 0 Å². The number of nitrogens with one attached hydrogen (secondary N) is 1. The first-order valence-electron chi connectivity index (χ1n) is 9.57. The fourth-order valence-corrected chi connectivity index (χ4v) is 4.32. The van der Waals surface area contributed by atoms with Crippen LogP contribution in [0, 0.1) is 0 Å². The Labute approximate surface area is 164 Å². The third-order valence-electron chi connectivity index (χ3n) is 5.74. The van der Waals surface area contributed by atoms with Gasteiger partial charge in [0.05, 0.1) is 44.5 Å². The molecular weight excluding hydrogens is 356 g/mol. The third-order valence-corrected chi connectivity index (χ3v) is 5.74. The zero-order chi connectivity index (χ0) is 19.8. The lowest BCUT2D eigenvalue weighted by molar-refractivity contribution is -0.917. The van der Waals surface area contributed by atoms with Gasteiger partial charge in [0.25, 0.3) is 11.8 Å². The standard InChI is InChI=1S/C22H24N2O4/c1-14(24-21(25)17-6-4-5-7-18(17)22(24)26)12-23-9-8-15-10-19(27-2)20(28-3)11-16(15)13-23/h4-7,10-11,14H,8-9,12-13H2,1-3H3/p+1/t14-/m0/s1. The number of carbonyl (C=O) groups excluding carboxylic acids is 2. The van der Waals surface area contributed by atoms with E-state index in [9.17, 15) is 9.59 Å². The maximum Gasteiger partial charge on any atom is 0.262 e. The largest absolute Gasteiger partial charge is 0.493 e. The summed E-state index contributed by atoms with van der Waals surface area (Å²) in [5.74, 6) is 1.12. The second-order valence-corrected chi connectivity index (χ2v) is 7.48. The lowest BCUT2D eigenvalue weighted by Crippen LogP contribution is -3.13. The van der Waals surface area contributed by atoms with E-state index in [0.29, 0.717) is 11.1 Å². The number of nitrogens with zero attached hydrogens (tertiary/aromatic N) is 1. The summed E-state index contributed by atoms with van der Waals surface area (Å²) < 4.78 is 10.8. The predicted octanol–water partition coefficient (Wildman–Crippen LogP) is 1.33. The number of imide groups is 1. The molecular formula is C22H25N2O4+. The molecule has 0 aliphatic carbocycles. The lowest BCUT2D eigenvalue weighted by Gasteiger charge is -2.31. The zero-order valence-corrected chi connectivity index (χ0v) is 16.5. The molecule has 0 saturated carbocycles. The normalized spacial score (nSPS) is 19.2. The van der Waals surface area contributed by atoms with Crippen molar-refractivity contribution >= 4 is 11.8 Å². The van der Waals surface area contributed by atoms with Crippen LogP contribution in [0.4, 0.5) is 0 Å². The number of amides is 2. The second kappa shape index (κ2) is 7.28. The van der Waals surface area contributed by atoms with Gasteiger partial charge >= 0.3 is 0 Å². The molecule has 0 saturated heterocycles. The maximum absolute atomic E-state index is 12.7. The molecule has 4 rings (SSSR count). The first-order chi connectivity index (χ1) is 13.5. The minimum Gasteiger partial charge on any atom is -0.493 e. The van der Waals surface area contributed by atoms with Crippen molar-refractivity contribution in [3.8, 4) is 11.5 Å². The van der Waals surface area contributed by atoms with E-state index in [2.05, 4.69) is 6.07 Å². The van der Waals surface area contributed by atoms with Crippen LogP contribution in [0.15, 0.2) is 36.4 Å². The van der Waals surface area contributed by atoms with Gasteiger partial charge in [0.15, 0.2) is 11.5 Å². The van der Waals surface area contributed by atoms with Gasteiger partial charge < -0.3 is 14.4 Å². The molecule has 2 heterocycles. The Morgan fingerprint density at radius 1 is 1.00 bits per heavy atom. The molecule has 146 valence electrons. The Morgan fingerprint density at radius 3 is 2.14 bits per heavy atom. The number of hydrogen-bond donors (Lipinski definition) is 1. The molecule has 1 unspecified atom stereocenters. The van der Waals surface area contributed by atoms with Gasteiger partial charge in [-0.15, -0.1) is 0 Å². The summed E-state index contributed by atoms with van der Waals surface area (Å²) in [4.78, 5) is 28.2. The van der Waals surface area contributed by atoms with Crippen molar-refractivity contribution < 1.29 is 24.0 Å². The highest BCUT2D eigenvalue weighted by atomic mass is 16.5. The van der Waals surface area contributed by atoms with E-state index >= 15 is 0 Å². The molecule has 2 aromatic carbocycles. The summed E-state index contributed by atoms with van der Waals surface area (Å²) >= 11 is 0. The lowest BCUT2D eigenvalue weighted by atomic mass is 9.98. The van der Waals surface area contributed by atoms with Crippen molar-refractivity contribution in [2.45, 2.75) is 25.9 Å². The summed E-state index contributed by atoms with van der Waals surface area (Å²) in [6, 6.07) is 11.0. The summed E-state index contributed by atoms with van der Waals surface area (Å²) in [5.41, 5.74) is 3.52. The van der Waals surface area contributed by atoms with Crippen molar-refractivity contribution in [2.75, 3.05) is 27.3 Å². The van der Waals surface area contributed by atoms with Gasteiger partial charge in [0, 0.05) is 12.0 Å². The fraction of sp³-hybridized carbons (Fsp3) is 0.364. The zero-order valence-electron chi connectivity index (χ0n) is 16.5. The minimum atomic E-state index is -0.184. The van der Waals surface area contributed by atoms with Crippen LogP contribution in [-0.4, -0.2) is 50.1 Å². The number of rotatable bonds is 5. The molecule has 2 amide bonds. The van der Waals surface area contributed by atoms with Crippen molar-refractivity contribution in [1.29, 1.82) is 0 Å². The van der Waals surface area contributed by atoms with Gasteiger partial charge in [-0.1, -0.05) is 12.1 Å². The van der Waals surface area contributed by atoms with Crippen LogP contribution in [-0.2, 0) is 13.0 Å². The Kier molecular flexibility index (Phi) is 4.81. The molecule has 2 aliphatic heterocycles. The smallest absolute Gasteiger partial charge is 0.262 e. The Morgan fingerprint density at radius 2 is 1.57 bits per heavy atom. The van der Waals surface area contributed by atoms with Gasteiger partial charge in [-0.2, -0.15) is 0 Å². The molecule has 0 radical (unpaired) electrons. The first kappa shape index (κ1) is 18.5. The molecule has 0 aromatic heterocycles. The van der Waals surface area contributed by atoms with Gasteiger partial charge in [-0.3, -0.25) is 14.5 Å². The summed E-state index contributed by atoms with van der Waals surface area (Å²) in [6.07, 6.45) is 0.930. The van der Waals surface area contributed by atoms with E-state index in [1.165, 1.54) is 20.9 Å². The van der Waals surface area contributed by atoms with E-state index in [1.54, 1.807) is 38.5 Å². The second-order valence-electron chi connectivity index (χ2n) is 7.48. The third kappa shape index (κ3) is 3.03. The summed E-state index contributed by atoms with van der Waals surface area (Å²) in [6.45, 7) is 4.47. The highest BCUT2D eigenvalue weighted by Gasteiger charge is 2.39. The van der Waals surface area contributed by atoms with Crippen LogP contribution >= 0.6 is 0 Å². The molecule has 2 aromatic rings. The molecule has 2 atom stereocenters. The van der Waals surface area contributed by atoms with E-state index in [0.717, 1.165) is 37.6 Å². The molecule has 6 heteroatoms. The average Bonchev–Trinajstić information content (AvgIpc) is 2.97. The quantitative estimate of drug-likeness (QED) is 0.794. The number of ether oxygens (including phenoxy) is 2. The van der Waals surface area contributed by atoms with Crippen molar-refractivity contribution in [1.82, 2.24) is 4.90 Å². The summed E-state index contributed by atoms with van der Waals surface area (Å²) in [7, 11) is 3.29. The summed E-state index contributed by atoms with van der Waals surface area (Å²) in [5, 5.41) is 0. The molecule has 28 heavy (non-hydrogen) atoms. The molecule has 0 bridgehead atoms. The average molecular weight is 381 g/mol. The van der Waals surface area contributed by atoms with Gasteiger partial charge in [-0.25, -0.2) is 0 Å². The first-order valence-corrected chi connectivity index (χ1v) is 9.57. The van der Waals surface area contributed by atoms with E-state index in [4.69, 9.17) is 9.47 Å². The van der Waals surface area contributed by atoms with E-state index in [-0.39, 0.29) is 17.9 Å². The predicted molar refractivity (Wildman–Crippen MR) is 104 cm³/mol. The number of hydrogen-bond acceptors (Lipinski definition) is 4. The fourth-order valence-electron chi connectivity index (χ4n) is 4.32. The van der Waals surface area contributed by atoms with Crippen molar-refractivity contribution in [2.24, 2.45) is 0 Å². The number of carbonyl (C=O) groups is 2. The highest BCUT2D eigenvalue weighted by Crippen LogP contribution is 2.31. The molecule has 2 aliphatic rings. The number of fused-ring (bicyclic) bond motifs is 2. The van der Waals surface area contributed by atoms with Gasteiger partial charge in [0.2, 0.25) is 0 Å². The Hall–Kier alpha value is -2.86. The monoisotopic (exact) mass is 381 g/mol. The van der Waals surface area contributed by atoms with Gasteiger partial charge in [-0.05, 0) is 36.8 Å². The SMILES string of the molecule is COc1cc2c(cc1OC)C[NH+](C[C@H](C)N1C(=O)c3ccccc3C1=O)CC2. The molecule has 0 fully saturated rings. The van der Waals surface area contributed by atoms with Crippen LogP contribution in [0.1, 0.15) is 38.8 Å². The Bertz CT molecular complexity index is 905. The van der Waals surface area contributed by atoms with E-state index in [1.807, 2.05) is 13.0 Å². The van der Waals surface area contributed by atoms with Crippen LogP contribution in [0.2, 0.25) is 0 Å². The van der Waals surface area contributed by atoms with Crippen LogP contribution in [0.5, 0.6) is 11.5 Å². The number of quaternary nitrogens is 1. The van der Waals surface area contributed by atoms with Gasteiger partial charge in [0.1, 0.15) is 6.54 Å². The molecule has 1 N–H and O–H groups in total. The Balaban J connectivity index is 1.49. The number of benzene rings is 2. The van der Waals surface area contributed by atoms with Crippen molar-refractivity contribution in [3.05, 3.63) is 58.7 Å². The van der Waals surface area contributed by atoms with Crippen LogP contribution < -0.4 is 14.4 Å². The van der Waals surface area contributed by atoms with Crippen molar-refractivity contribution in [3.63, 3.8) is 0 Å². The van der Waals surface area contributed by atoms with Crippen LogP contribution in [0.3, 0.4) is 0 Å². The minimum absolute atomic E-state index is 0.163. The highest BCUT2D eigenvalue weighted by molar-refractivity contribution is 6.21. The van der Waals surface area contributed by atoms with Crippen LogP contribution in [0.25, 0.3) is 0 Å². The molecule has 0 spiro atoms. The topological polar surface area (TPSA) is 60.3 Å².